The molecule has 13 heteroatoms. The standard InChI is InChI=1S/C21H26N6O5S2/c1-5-16(19(28)23-18-15(12-22-27(18)4)20(29)32-6-2)33-21-25-24-17(26(21)3)13-34(30,31)14-10-8-7-9-11-14/h7-12,16H,5-6,13H2,1-4H3,(H,23,28). The van der Waals surface area contributed by atoms with Crippen molar-refractivity contribution in [2.24, 2.45) is 14.1 Å². The highest BCUT2D eigenvalue weighted by Crippen LogP contribution is 2.27. The molecule has 0 fully saturated rings. The molecule has 1 atom stereocenters. The van der Waals surface area contributed by atoms with Crippen LogP contribution in [0.25, 0.3) is 0 Å². The number of hydrogen-bond acceptors (Lipinski definition) is 9. The van der Waals surface area contributed by atoms with E-state index in [1.165, 1.54) is 23.0 Å². The van der Waals surface area contributed by atoms with Crippen LogP contribution in [-0.2, 0) is 39.2 Å². The van der Waals surface area contributed by atoms with E-state index in [-0.39, 0.29) is 40.4 Å². The average Bonchev–Trinajstić information content (AvgIpc) is 3.34. The smallest absolute Gasteiger partial charge is 0.343 e. The molecule has 3 rings (SSSR count). The number of nitrogens with zero attached hydrogens (tertiary/aromatic N) is 5. The van der Waals surface area contributed by atoms with Crippen LogP contribution in [0.15, 0.2) is 46.6 Å². The first kappa shape index (κ1) is 25.4. The zero-order chi connectivity index (χ0) is 24.9. The third-order valence-electron chi connectivity index (χ3n) is 4.93. The van der Waals surface area contributed by atoms with Crippen LogP contribution in [0.5, 0.6) is 0 Å². The number of nitrogens with one attached hydrogen (secondary N) is 1. The van der Waals surface area contributed by atoms with Crippen LogP contribution < -0.4 is 5.32 Å². The van der Waals surface area contributed by atoms with E-state index in [1.807, 2.05) is 6.92 Å². The molecule has 0 aliphatic heterocycles. The predicted molar refractivity (Wildman–Crippen MR) is 126 cm³/mol. The Labute approximate surface area is 201 Å². The van der Waals surface area contributed by atoms with Gasteiger partial charge < -0.3 is 14.6 Å². The number of amides is 1. The average molecular weight is 507 g/mol. The van der Waals surface area contributed by atoms with Gasteiger partial charge in [-0.3, -0.25) is 9.48 Å². The molecule has 0 bridgehead atoms. The molecule has 1 aromatic carbocycles. The van der Waals surface area contributed by atoms with E-state index in [1.54, 1.807) is 43.8 Å². The van der Waals surface area contributed by atoms with Gasteiger partial charge in [0.15, 0.2) is 15.0 Å². The zero-order valence-electron chi connectivity index (χ0n) is 19.3. The van der Waals surface area contributed by atoms with Crippen LogP contribution in [0.1, 0.15) is 36.5 Å². The normalized spacial score (nSPS) is 12.4. The van der Waals surface area contributed by atoms with E-state index in [9.17, 15) is 18.0 Å². The third kappa shape index (κ3) is 5.65. The fraction of sp³-hybridized carbons (Fsp3) is 0.381. The fourth-order valence-electron chi connectivity index (χ4n) is 3.05. The van der Waals surface area contributed by atoms with E-state index in [0.29, 0.717) is 11.6 Å². The summed E-state index contributed by atoms with van der Waals surface area (Å²) in [6.07, 6.45) is 1.79. The lowest BCUT2D eigenvalue weighted by Crippen LogP contribution is -2.27. The summed E-state index contributed by atoms with van der Waals surface area (Å²) < 4.78 is 33.4. The van der Waals surface area contributed by atoms with Gasteiger partial charge in [-0.05, 0) is 25.5 Å². The summed E-state index contributed by atoms with van der Waals surface area (Å²) in [5, 5.41) is 14.7. The van der Waals surface area contributed by atoms with Gasteiger partial charge in [-0.2, -0.15) is 5.10 Å². The third-order valence-corrected chi connectivity index (χ3v) is 7.96. The van der Waals surface area contributed by atoms with Gasteiger partial charge in [0.1, 0.15) is 23.0 Å². The number of anilines is 1. The lowest BCUT2D eigenvalue weighted by Gasteiger charge is -2.15. The number of ether oxygens (including phenoxy) is 1. The summed E-state index contributed by atoms with van der Waals surface area (Å²) >= 11 is 1.15. The second kappa shape index (κ2) is 10.8. The molecule has 0 saturated heterocycles. The molecule has 0 aliphatic rings. The van der Waals surface area contributed by atoms with Gasteiger partial charge in [-0.1, -0.05) is 36.9 Å². The fourth-order valence-corrected chi connectivity index (χ4v) is 5.31. The van der Waals surface area contributed by atoms with Crippen LogP contribution in [-0.4, -0.2) is 56.7 Å². The van der Waals surface area contributed by atoms with Crippen molar-refractivity contribution in [1.82, 2.24) is 24.5 Å². The number of rotatable bonds is 10. The van der Waals surface area contributed by atoms with E-state index in [0.717, 1.165) is 11.8 Å². The monoisotopic (exact) mass is 506 g/mol. The number of carbonyl (C=O) groups excluding carboxylic acids is 2. The number of sulfone groups is 1. The quantitative estimate of drug-likeness (QED) is 0.324. The molecule has 0 radical (unpaired) electrons. The van der Waals surface area contributed by atoms with E-state index >= 15 is 0 Å². The number of benzene rings is 1. The van der Waals surface area contributed by atoms with Crippen molar-refractivity contribution in [1.29, 1.82) is 0 Å². The van der Waals surface area contributed by atoms with Crippen molar-refractivity contribution in [2.45, 2.75) is 41.3 Å². The molecule has 2 heterocycles. The van der Waals surface area contributed by atoms with Crippen LogP contribution in [0.2, 0.25) is 0 Å². The zero-order valence-corrected chi connectivity index (χ0v) is 20.9. The first-order valence-electron chi connectivity index (χ1n) is 10.5. The number of aromatic nitrogens is 5. The van der Waals surface area contributed by atoms with Crippen molar-refractivity contribution < 1.29 is 22.7 Å². The number of carbonyl (C=O) groups is 2. The predicted octanol–water partition coefficient (Wildman–Crippen LogP) is 2.21. The summed E-state index contributed by atoms with van der Waals surface area (Å²) in [7, 11) is -0.334. The highest BCUT2D eigenvalue weighted by Gasteiger charge is 2.26. The Bertz CT molecular complexity index is 1270. The van der Waals surface area contributed by atoms with Crippen molar-refractivity contribution in [2.75, 3.05) is 11.9 Å². The van der Waals surface area contributed by atoms with Crippen LogP contribution in [0.4, 0.5) is 5.82 Å². The topological polar surface area (TPSA) is 138 Å². The van der Waals surface area contributed by atoms with Gasteiger partial charge in [0.05, 0.1) is 22.9 Å². The molecular weight excluding hydrogens is 480 g/mol. The minimum absolute atomic E-state index is 0.157. The number of hydrogen-bond donors (Lipinski definition) is 1. The van der Waals surface area contributed by atoms with E-state index in [2.05, 4.69) is 20.6 Å². The lowest BCUT2D eigenvalue weighted by atomic mass is 10.3. The molecule has 11 nitrogen and oxygen atoms in total. The number of aryl methyl sites for hydroxylation is 1. The minimum Gasteiger partial charge on any atom is -0.462 e. The number of esters is 1. The minimum atomic E-state index is -3.60. The number of thioether (sulfide) groups is 1. The van der Waals surface area contributed by atoms with Crippen molar-refractivity contribution in [3.05, 3.63) is 47.9 Å². The molecule has 34 heavy (non-hydrogen) atoms. The van der Waals surface area contributed by atoms with Crippen molar-refractivity contribution in [3.63, 3.8) is 0 Å². The maximum Gasteiger partial charge on any atom is 0.343 e. The van der Waals surface area contributed by atoms with Gasteiger partial charge in [0.2, 0.25) is 5.91 Å². The molecule has 182 valence electrons. The Hall–Kier alpha value is -3.19. The molecular formula is C21H26N6O5S2. The van der Waals surface area contributed by atoms with Gasteiger partial charge in [0, 0.05) is 14.1 Å². The first-order valence-corrected chi connectivity index (χ1v) is 13.0. The summed E-state index contributed by atoms with van der Waals surface area (Å²) in [6, 6.07) is 8.12. The molecule has 1 amide bonds. The Kier molecular flexibility index (Phi) is 8.10. The van der Waals surface area contributed by atoms with E-state index in [4.69, 9.17) is 4.74 Å². The molecule has 0 saturated carbocycles. The Balaban J connectivity index is 1.74. The summed E-state index contributed by atoms with van der Waals surface area (Å²) in [5.41, 5.74) is 0.157. The lowest BCUT2D eigenvalue weighted by molar-refractivity contribution is -0.115. The van der Waals surface area contributed by atoms with Gasteiger partial charge in [0.25, 0.3) is 0 Å². The van der Waals surface area contributed by atoms with Gasteiger partial charge in [-0.15, -0.1) is 10.2 Å². The Morgan fingerprint density at radius 3 is 2.50 bits per heavy atom. The van der Waals surface area contributed by atoms with Gasteiger partial charge >= 0.3 is 5.97 Å². The van der Waals surface area contributed by atoms with Gasteiger partial charge in [-0.25, -0.2) is 13.2 Å². The molecule has 0 aliphatic carbocycles. The molecule has 0 spiro atoms. The summed E-state index contributed by atoms with van der Waals surface area (Å²) in [6.45, 7) is 3.73. The van der Waals surface area contributed by atoms with E-state index < -0.39 is 21.1 Å². The largest absolute Gasteiger partial charge is 0.462 e. The highest BCUT2D eigenvalue weighted by molar-refractivity contribution is 8.00. The summed E-state index contributed by atoms with van der Waals surface area (Å²) in [5.74, 6) is -0.762. The molecule has 1 unspecified atom stereocenters. The van der Waals surface area contributed by atoms with Crippen LogP contribution in [0, 0.1) is 0 Å². The molecule has 2 aromatic heterocycles. The Morgan fingerprint density at radius 2 is 1.85 bits per heavy atom. The second-order valence-corrected chi connectivity index (χ2v) is 10.4. The SMILES string of the molecule is CCOC(=O)c1cnn(C)c1NC(=O)C(CC)Sc1nnc(CS(=O)(=O)c2ccccc2)n1C. The van der Waals surface area contributed by atoms with Crippen molar-refractivity contribution in [3.8, 4) is 0 Å². The molecule has 1 N–H and O–H groups in total. The maximum absolute atomic E-state index is 13.0. The van der Waals surface area contributed by atoms with Crippen LogP contribution in [0.3, 0.4) is 0 Å². The first-order chi connectivity index (χ1) is 16.2. The second-order valence-electron chi connectivity index (χ2n) is 7.28. The van der Waals surface area contributed by atoms with Crippen molar-refractivity contribution >= 4 is 39.3 Å². The summed E-state index contributed by atoms with van der Waals surface area (Å²) in [4.78, 5) is 25.3. The van der Waals surface area contributed by atoms with Crippen LogP contribution >= 0.6 is 11.8 Å². The highest BCUT2D eigenvalue weighted by atomic mass is 32.2. The molecule has 3 aromatic rings. The Morgan fingerprint density at radius 1 is 1.15 bits per heavy atom. The maximum atomic E-state index is 13.0.